The molecule has 0 heterocycles. The maximum atomic E-state index is 12.3. The Hall–Kier alpha value is -4.12. The highest BCUT2D eigenvalue weighted by Gasteiger charge is 2.20. The summed E-state index contributed by atoms with van der Waals surface area (Å²) in [5.74, 6) is -1.64. The average Bonchev–Trinajstić information content (AvgIpc) is 2.73. The van der Waals surface area contributed by atoms with Gasteiger partial charge < -0.3 is 20.3 Å². The van der Waals surface area contributed by atoms with E-state index < -0.39 is 18.0 Å². The number of hydrogen-bond donors (Lipinski definition) is 2. The lowest BCUT2D eigenvalue weighted by atomic mass is 10.1. The first kappa shape index (κ1) is 23.2. The molecule has 31 heavy (non-hydrogen) atoms. The number of rotatable bonds is 7. The minimum Gasteiger partial charge on any atom is -0.448 e. The first-order chi connectivity index (χ1) is 14.7. The second-order valence-electron chi connectivity index (χ2n) is 6.95. The van der Waals surface area contributed by atoms with Gasteiger partial charge in [0.2, 0.25) is 5.91 Å². The van der Waals surface area contributed by atoms with Crippen LogP contribution in [0.2, 0.25) is 0 Å². The molecule has 0 spiro atoms. The summed E-state index contributed by atoms with van der Waals surface area (Å²) in [6.07, 6.45) is 0.294. The molecule has 2 N–H and O–H groups in total. The summed E-state index contributed by atoms with van der Waals surface area (Å²) in [4.78, 5) is 37.6. The SMILES string of the molecule is CC(=O)Nc1ccc(NC(=O)C(C)OC(=O)/C(C#N)=C/c2ccc(N(C)C)cc2)cc1. The minimum absolute atomic E-state index is 0.202. The number of carbonyl (C=O) groups is 3. The van der Waals surface area contributed by atoms with Gasteiger partial charge in [-0.25, -0.2) is 4.79 Å². The molecule has 2 rings (SSSR count). The van der Waals surface area contributed by atoms with Gasteiger partial charge in [-0.05, 0) is 55.0 Å². The van der Waals surface area contributed by atoms with Crippen molar-refractivity contribution >= 4 is 40.9 Å². The molecule has 2 aromatic rings. The van der Waals surface area contributed by atoms with Gasteiger partial charge in [0.05, 0.1) is 0 Å². The lowest BCUT2D eigenvalue weighted by Gasteiger charge is -2.14. The maximum Gasteiger partial charge on any atom is 0.349 e. The van der Waals surface area contributed by atoms with Crippen LogP contribution in [0.1, 0.15) is 19.4 Å². The van der Waals surface area contributed by atoms with Crippen LogP contribution in [0.3, 0.4) is 0 Å². The van der Waals surface area contributed by atoms with E-state index in [1.54, 1.807) is 36.4 Å². The third-order valence-corrected chi connectivity index (χ3v) is 4.19. The summed E-state index contributed by atoms with van der Waals surface area (Å²) in [7, 11) is 3.82. The molecule has 8 nitrogen and oxygen atoms in total. The summed E-state index contributed by atoms with van der Waals surface area (Å²) >= 11 is 0. The van der Waals surface area contributed by atoms with Gasteiger partial charge in [0.15, 0.2) is 6.10 Å². The number of amides is 2. The van der Waals surface area contributed by atoms with E-state index in [2.05, 4.69) is 10.6 Å². The number of hydrogen-bond acceptors (Lipinski definition) is 6. The van der Waals surface area contributed by atoms with E-state index in [0.717, 1.165) is 5.69 Å². The fourth-order valence-corrected chi connectivity index (χ4v) is 2.53. The third-order valence-electron chi connectivity index (χ3n) is 4.19. The number of esters is 1. The Bertz CT molecular complexity index is 1020. The molecule has 0 bridgehead atoms. The molecular weight excluding hydrogens is 396 g/mol. The highest BCUT2D eigenvalue weighted by atomic mass is 16.5. The number of carbonyl (C=O) groups excluding carboxylic acids is 3. The zero-order chi connectivity index (χ0) is 23.0. The second-order valence-corrected chi connectivity index (χ2v) is 6.95. The van der Waals surface area contributed by atoms with Gasteiger partial charge in [-0.1, -0.05) is 12.1 Å². The predicted octanol–water partition coefficient (Wildman–Crippen LogP) is 3.19. The summed E-state index contributed by atoms with van der Waals surface area (Å²) in [5, 5.41) is 14.6. The lowest BCUT2D eigenvalue weighted by molar-refractivity contribution is -0.148. The van der Waals surface area contributed by atoms with Crippen molar-refractivity contribution in [3.8, 4) is 6.07 Å². The first-order valence-corrected chi connectivity index (χ1v) is 9.48. The quantitative estimate of drug-likeness (QED) is 0.404. The van der Waals surface area contributed by atoms with Crippen molar-refractivity contribution in [2.24, 2.45) is 0 Å². The first-order valence-electron chi connectivity index (χ1n) is 9.48. The summed E-state index contributed by atoms with van der Waals surface area (Å²) in [5.41, 5.74) is 2.49. The summed E-state index contributed by atoms with van der Waals surface area (Å²) < 4.78 is 5.14. The van der Waals surface area contributed by atoms with E-state index in [4.69, 9.17) is 4.74 Å². The molecule has 1 unspecified atom stereocenters. The fourth-order valence-electron chi connectivity index (χ4n) is 2.53. The van der Waals surface area contributed by atoms with E-state index in [1.165, 1.54) is 19.9 Å². The Labute approximate surface area is 181 Å². The Balaban J connectivity index is 1.99. The van der Waals surface area contributed by atoms with Crippen molar-refractivity contribution in [2.45, 2.75) is 20.0 Å². The van der Waals surface area contributed by atoms with Crippen LogP contribution >= 0.6 is 0 Å². The van der Waals surface area contributed by atoms with Crippen molar-refractivity contribution < 1.29 is 19.1 Å². The number of anilines is 3. The minimum atomic E-state index is -1.12. The largest absolute Gasteiger partial charge is 0.448 e. The van der Waals surface area contributed by atoms with E-state index in [-0.39, 0.29) is 11.5 Å². The molecule has 2 amide bonds. The van der Waals surface area contributed by atoms with Gasteiger partial charge >= 0.3 is 5.97 Å². The zero-order valence-corrected chi connectivity index (χ0v) is 17.8. The van der Waals surface area contributed by atoms with E-state index in [1.807, 2.05) is 37.2 Å². The molecule has 0 fully saturated rings. The highest BCUT2D eigenvalue weighted by molar-refractivity contribution is 6.01. The van der Waals surface area contributed by atoms with Crippen molar-refractivity contribution in [1.82, 2.24) is 0 Å². The molecule has 0 aliphatic rings. The Morgan fingerprint density at radius 1 is 1.00 bits per heavy atom. The maximum absolute atomic E-state index is 12.3. The summed E-state index contributed by atoms with van der Waals surface area (Å²) in [6, 6.07) is 15.6. The molecule has 0 saturated carbocycles. The van der Waals surface area contributed by atoms with Crippen LogP contribution in [0.25, 0.3) is 6.08 Å². The van der Waals surface area contributed by atoms with Crippen LogP contribution < -0.4 is 15.5 Å². The van der Waals surface area contributed by atoms with Gasteiger partial charge in [-0.15, -0.1) is 0 Å². The van der Waals surface area contributed by atoms with Crippen LogP contribution in [-0.4, -0.2) is 38.0 Å². The van der Waals surface area contributed by atoms with Crippen molar-refractivity contribution in [3.05, 3.63) is 59.7 Å². The molecule has 8 heteroatoms. The average molecular weight is 420 g/mol. The molecule has 0 radical (unpaired) electrons. The second kappa shape index (κ2) is 10.6. The molecule has 160 valence electrons. The van der Waals surface area contributed by atoms with Gasteiger partial charge in [0.1, 0.15) is 11.6 Å². The third kappa shape index (κ3) is 7.01. The Morgan fingerprint density at radius 2 is 1.55 bits per heavy atom. The number of nitriles is 1. The van der Waals surface area contributed by atoms with Crippen LogP contribution in [0.4, 0.5) is 17.1 Å². The lowest BCUT2D eigenvalue weighted by Crippen LogP contribution is -2.30. The van der Waals surface area contributed by atoms with Crippen LogP contribution in [0.15, 0.2) is 54.1 Å². The number of nitrogens with one attached hydrogen (secondary N) is 2. The number of nitrogens with zero attached hydrogens (tertiary/aromatic N) is 2. The van der Waals surface area contributed by atoms with Crippen molar-refractivity contribution in [1.29, 1.82) is 5.26 Å². The van der Waals surface area contributed by atoms with Crippen molar-refractivity contribution in [3.63, 3.8) is 0 Å². The monoisotopic (exact) mass is 420 g/mol. The van der Waals surface area contributed by atoms with Gasteiger partial charge in [0.25, 0.3) is 5.91 Å². The number of benzene rings is 2. The van der Waals surface area contributed by atoms with E-state index in [0.29, 0.717) is 16.9 Å². The Kier molecular flexibility index (Phi) is 7.92. The molecular formula is C23H24N4O4. The standard InChI is InChI=1S/C23H24N4O4/c1-15(22(29)26-20-9-7-19(8-10-20)25-16(2)28)31-23(30)18(14-24)13-17-5-11-21(12-6-17)27(3)4/h5-13,15H,1-4H3,(H,25,28)(H,26,29)/b18-13+. The topological polar surface area (TPSA) is 112 Å². The molecule has 0 saturated heterocycles. The molecule has 0 aliphatic heterocycles. The van der Waals surface area contributed by atoms with E-state index >= 15 is 0 Å². The molecule has 0 aromatic heterocycles. The fraction of sp³-hybridized carbons (Fsp3) is 0.217. The van der Waals surface area contributed by atoms with Crippen LogP contribution in [0, 0.1) is 11.3 Å². The molecule has 0 aliphatic carbocycles. The Morgan fingerprint density at radius 3 is 2.03 bits per heavy atom. The van der Waals surface area contributed by atoms with Crippen LogP contribution in [0.5, 0.6) is 0 Å². The van der Waals surface area contributed by atoms with Crippen molar-refractivity contribution in [2.75, 3.05) is 29.6 Å². The summed E-state index contributed by atoms with van der Waals surface area (Å²) in [6.45, 7) is 2.81. The number of ether oxygens (including phenoxy) is 1. The smallest absolute Gasteiger partial charge is 0.349 e. The molecule has 1 atom stereocenters. The van der Waals surface area contributed by atoms with Gasteiger partial charge in [-0.2, -0.15) is 5.26 Å². The predicted molar refractivity (Wildman–Crippen MR) is 119 cm³/mol. The highest BCUT2D eigenvalue weighted by Crippen LogP contribution is 2.16. The van der Waals surface area contributed by atoms with Gasteiger partial charge in [-0.3, -0.25) is 9.59 Å². The normalized spacial score (nSPS) is 11.6. The van der Waals surface area contributed by atoms with E-state index in [9.17, 15) is 19.6 Å². The van der Waals surface area contributed by atoms with Crippen LogP contribution in [-0.2, 0) is 19.1 Å². The van der Waals surface area contributed by atoms with Gasteiger partial charge in [0, 0.05) is 38.1 Å². The zero-order valence-electron chi connectivity index (χ0n) is 17.8. The molecule has 2 aromatic carbocycles.